The number of halogens is 3. The van der Waals surface area contributed by atoms with E-state index in [4.69, 9.17) is 27.9 Å². The van der Waals surface area contributed by atoms with Gasteiger partial charge in [0.1, 0.15) is 0 Å². The van der Waals surface area contributed by atoms with Crippen molar-refractivity contribution in [3.8, 4) is 0 Å². The van der Waals surface area contributed by atoms with E-state index in [1.54, 1.807) is 5.01 Å². The van der Waals surface area contributed by atoms with E-state index in [1.807, 2.05) is 0 Å². The zero-order valence-corrected chi connectivity index (χ0v) is 8.12. The van der Waals surface area contributed by atoms with Gasteiger partial charge in [0.05, 0.1) is 26.3 Å². The summed E-state index contributed by atoms with van der Waals surface area (Å²) in [6, 6.07) is 0. The molecule has 0 aliphatic carbocycles. The van der Waals surface area contributed by atoms with Gasteiger partial charge < -0.3 is 4.74 Å². The molecule has 1 rings (SSSR count). The van der Waals surface area contributed by atoms with Crippen molar-refractivity contribution in [3.05, 3.63) is 0 Å². The molecule has 6 heteroatoms. The smallest absolute Gasteiger partial charge is 0.215 e. The van der Waals surface area contributed by atoms with Gasteiger partial charge in [-0.2, -0.15) is 5.10 Å². The summed E-state index contributed by atoms with van der Waals surface area (Å²) >= 11 is 10.7. The molecule has 0 aromatic rings. The maximum Gasteiger partial charge on any atom is 0.215 e. The van der Waals surface area contributed by atoms with Crippen LogP contribution in [0.2, 0.25) is 0 Å². The van der Waals surface area contributed by atoms with Crippen LogP contribution in [0.5, 0.6) is 0 Å². The molecule has 0 saturated carbocycles. The molecule has 0 aromatic heterocycles. The van der Waals surface area contributed by atoms with E-state index in [0.717, 1.165) is 13.1 Å². The molecule has 0 N–H and O–H groups in total. The van der Waals surface area contributed by atoms with Crippen molar-refractivity contribution < 1.29 is 4.74 Å². The first-order valence-corrected chi connectivity index (χ1v) is 3.77. The fraction of sp³-hybridized carbons (Fsp3) is 0.800. The van der Waals surface area contributed by atoms with Crippen molar-refractivity contribution in [1.29, 1.82) is 0 Å². The molecule has 11 heavy (non-hydrogen) atoms. The summed E-state index contributed by atoms with van der Waals surface area (Å²) in [5.41, 5.74) is 0. The first-order chi connectivity index (χ1) is 4.79. The van der Waals surface area contributed by atoms with E-state index in [0.29, 0.717) is 13.2 Å². The van der Waals surface area contributed by atoms with Gasteiger partial charge in [-0.15, -0.1) is 12.4 Å². The second kappa shape index (κ2) is 5.89. The number of hydrazone groups is 1. The van der Waals surface area contributed by atoms with Crippen LogP contribution in [0.1, 0.15) is 0 Å². The number of hydrogen-bond donors (Lipinski definition) is 0. The standard InChI is InChI=1S/C5H8Cl2N2O.ClH/c6-5(7)8-9-1-3-10-4-2-9;/h1-4H2;1H. The minimum Gasteiger partial charge on any atom is -0.378 e. The Hall–Kier alpha value is 0.300. The fourth-order valence-electron chi connectivity index (χ4n) is 0.761. The summed E-state index contributed by atoms with van der Waals surface area (Å²) in [6.45, 7) is 2.93. The lowest BCUT2D eigenvalue weighted by Crippen LogP contribution is -2.32. The Labute approximate surface area is 81.7 Å². The minimum atomic E-state index is 0. The van der Waals surface area contributed by atoms with Gasteiger partial charge in [-0.1, -0.05) is 0 Å². The largest absolute Gasteiger partial charge is 0.378 e. The quantitative estimate of drug-likeness (QED) is 0.624. The number of ether oxygens (including phenoxy) is 1. The minimum absolute atomic E-state index is 0. The molecule has 66 valence electrons. The number of morpholine rings is 1. The SMILES string of the molecule is Cl.ClC(Cl)=NN1CCOCC1. The Balaban J connectivity index is 0.000001000. The number of hydrogen-bond acceptors (Lipinski definition) is 3. The highest BCUT2D eigenvalue weighted by Gasteiger charge is 2.06. The lowest BCUT2D eigenvalue weighted by Gasteiger charge is -2.23. The first kappa shape index (κ1) is 11.3. The summed E-state index contributed by atoms with van der Waals surface area (Å²) < 4.78 is 5.14. The van der Waals surface area contributed by atoms with E-state index < -0.39 is 0 Å². The van der Waals surface area contributed by atoms with Crippen molar-refractivity contribution in [1.82, 2.24) is 5.01 Å². The molecule has 0 aromatic carbocycles. The van der Waals surface area contributed by atoms with E-state index in [1.165, 1.54) is 0 Å². The Morgan fingerprint density at radius 1 is 1.27 bits per heavy atom. The van der Waals surface area contributed by atoms with Crippen molar-refractivity contribution in [2.75, 3.05) is 26.3 Å². The normalized spacial score (nSPS) is 17.1. The zero-order chi connectivity index (χ0) is 7.40. The number of rotatable bonds is 1. The van der Waals surface area contributed by atoms with Crippen LogP contribution in [0, 0.1) is 0 Å². The Morgan fingerprint density at radius 2 is 1.82 bits per heavy atom. The summed E-state index contributed by atoms with van der Waals surface area (Å²) in [4.78, 5) is 0. The van der Waals surface area contributed by atoms with Crippen LogP contribution in [0.4, 0.5) is 0 Å². The van der Waals surface area contributed by atoms with Crippen LogP contribution in [0.25, 0.3) is 0 Å². The lowest BCUT2D eigenvalue weighted by atomic mass is 10.5. The molecule has 0 spiro atoms. The summed E-state index contributed by atoms with van der Waals surface area (Å²) in [5.74, 6) is 0. The molecule has 1 heterocycles. The van der Waals surface area contributed by atoms with E-state index >= 15 is 0 Å². The van der Waals surface area contributed by atoms with Crippen LogP contribution >= 0.6 is 35.6 Å². The Kier molecular flexibility index (Phi) is 6.05. The second-order valence-electron chi connectivity index (χ2n) is 1.91. The van der Waals surface area contributed by atoms with Gasteiger partial charge in [0.25, 0.3) is 0 Å². The molecule has 1 aliphatic heterocycles. The number of nitrogens with zero attached hydrogens (tertiary/aromatic N) is 2. The van der Waals surface area contributed by atoms with Gasteiger partial charge >= 0.3 is 0 Å². The third-order valence-electron chi connectivity index (χ3n) is 1.20. The molecule has 0 amide bonds. The van der Waals surface area contributed by atoms with Crippen LogP contribution < -0.4 is 0 Å². The third kappa shape index (κ3) is 4.69. The van der Waals surface area contributed by atoms with Crippen LogP contribution in [0.3, 0.4) is 0 Å². The maximum atomic E-state index is 5.34. The van der Waals surface area contributed by atoms with Gasteiger partial charge in [-0.3, -0.25) is 5.01 Å². The van der Waals surface area contributed by atoms with Gasteiger partial charge in [0.2, 0.25) is 4.63 Å². The highest BCUT2D eigenvalue weighted by Crippen LogP contribution is 2.00. The van der Waals surface area contributed by atoms with Crippen LogP contribution in [-0.4, -0.2) is 35.9 Å². The first-order valence-electron chi connectivity index (χ1n) is 3.01. The van der Waals surface area contributed by atoms with E-state index in [-0.39, 0.29) is 17.0 Å². The van der Waals surface area contributed by atoms with E-state index in [2.05, 4.69) is 5.10 Å². The highest BCUT2D eigenvalue weighted by molar-refractivity contribution is 6.95. The van der Waals surface area contributed by atoms with Crippen LogP contribution in [0.15, 0.2) is 5.10 Å². The Morgan fingerprint density at radius 3 is 2.27 bits per heavy atom. The van der Waals surface area contributed by atoms with Crippen molar-refractivity contribution >= 4 is 40.2 Å². The molecule has 0 radical (unpaired) electrons. The van der Waals surface area contributed by atoms with Crippen molar-refractivity contribution in [2.24, 2.45) is 5.10 Å². The van der Waals surface area contributed by atoms with Gasteiger partial charge in [-0.25, -0.2) is 0 Å². The fourth-order valence-corrected chi connectivity index (χ4v) is 0.974. The zero-order valence-electron chi connectivity index (χ0n) is 5.80. The third-order valence-corrected chi connectivity index (χ3v) is 1.36. The maximum absolute atomic E-state index is 5.34. The topological polar surface area (TPSA) is 24.8 Å². The summed E-state index contributed by atoms with van der Waals surface area (Å²) in [7, 11) is 0. The Bertz CT molecular complexity index is 132. The average Bonchev–Trinajstić information content (AvgIpc) is 1.88. The molecular weight excluding hydrogens is 210 g/mol. The highest BCUT2D eigenvalue weighted by atomic mass is 35.5. The molecular formula is C5H9Cl3N2O. The predicted octanol–water partition coefficient (Wildman–Crippen LogP) is 1.49. The summed E-state index contributed by atoms with van der Waals surface area (Å²) in [6.07, 6.45) is 0. The van der Waals surface area contributed by atoms with E-state index in [9.17, 15) is 0 Å². The van der Waals surface area contributed by atoms with Gasteiger partial charge in [-0.05, 0) is 23.2 Å². The molecule has 1 aliphatic rings. The second-order valence-corrected chi connectivity index (χ2v) is 2.82. The van der Waals surface area contributed by atoms with Gasteiger partial charge in [0.15, 0.2) is 0 Å². The predicted molar refractivity (Wildman–Crippen MR) is 48.8 cm³/mol. The molecule has 0 bridgehead atoms. The molecule has 0 unspecified atom stereocenters. The average molecular weight is 219 g/mol. The molecule has 1 saturated heterocycles. The van der Waals surface area contributed by atoms with Crippen molar-refractivity contribution in [3.63, 3.8) is 0 Å². The van der Waals surface area contributed by atoms with Gasteiger partial charge in [0, 0.05) is 0 Å². The lowest BCUT2D eigenvalue weighted by molar-refractivity contribution is 0.0397. The molecule has 3 nitrogen and oxygen atoms in total. The van der Waals surface area contributed by atoms with Crippen LogP contribution in [-0.2, 0) is 4.74 Å². The monoisotopic (exact) mass is 218 g/mol. The summed E-state index contributed by atoms with van der Waals surface area (Å²) in [5, 5.41) is 5.63. The molecule has 1 fully saturated rings. The van der Waals surface area contributed by atoms with Crippen molar-refractivity contribution in [2.45, 2.75) is 0 Å². The molecule has 0 atom stereocenters.